The Kier molecular flexibility index (Phi) is 5.18. The Morgan fingerprint density at radius 3 is 3.11 bits per heavy atom. The third kappa shape index (κ3) is 4.05. The first-order valence-electron chi connectivity index (χ1n) is 6.42. The fourth-order valence-corrected chi connectivity index (χ4v) is 2.70. The van der Waals surface area contributed by atoms with Crippen LogP contribution in [-0.4, -0.2) is 42.4 Å². The molecule has 0 spiro atoms. The van der Waals surface area contributed by atoms with Crippen LogP contribution in [0.5, 0.6) is 0 Å². The maximum atomic E-state index is 10.2. The fourth-order valence-electron chi connectivity index (χ4n) is 2.28. The number of morpholine rings is 1. The van der Waals surface area contributed by atoms with Gasteiger partial charge in [-0.05, 0) is 31.0 Å². The molecular weight excluding hydrogens is 294 g/mol. The molecule has 3 nitrogen and oxygen atoms in total. The predicted molar refractivity (Wildman–Crippen MR) is 75.6 cm³/mol. The van der Waals surface area contributed by atoms with Crippen LogP contribution >= 0.6 is 15.9 Å². The molecule has 0 radical (unpaired) electrons. The largest absolute Gasteiger partial charge is 0.388 e. The monoisotopic (exact) mass is 313 g/mol. The van der Waals surface area contributed by atoms with Gasteiger partial charge in [0.05, 0.1) is 18.8 Å². The standard InChI is InChI=1S/C14H20BrNO2/c1-11-10-16(7-8-18-11)6-5-14(17)12-3-2-4-13(15)9-12/h2-4,9,11,14,17H,5-8,10H2,1H3. The molecule has 1 aliphatic rings. The Morgan fingerprint density at radius 2 is 2.39 bits per heavy atom. The summed E-state index contributed by atoms with van der Waals surface area (Å²) in [5.74, 6) is 0. The number of aliphatic hydroxyl groups is 1. The van der Waals surface area contributed by atoms with Crippen LogP contribution in [0.3, 0.4) is 0 Å². The number of benzene rings is 1. The van der Waals surface area contributed by atoms with Gasteiger partial charge in [0, 0.05) is 24.1 Å². The Morgan fingerprint density at radius 1 is 1.56 bits per heavy atom. The fraction of sp³-hybridized carbons (Fsp3) is 0.571. The molecule has 0 saturated carbocycles. The molecule has 1 saturated heterocycles. The number of aliphatic hydroxyl groups excluding tert-OH is 1. The average Bonchev–Trinajstić information content (AvgIpc) is 2.36. The van der Waals surface area contributed by atoms with Gasteiger partial charge in [0.15, 0.2) is 0 Å². The lowest BCUT2D eigenvalue weighted by molar-refractivity contribution is -0.0221. The molecule has 1 aromatic carbocycles. The summed E-state index contributed by atoms with van der Waals surface area (Å²) in [7, 11) is 0. The lowest BCUT2D eigenvalue weighted by Gasteiger charge is -2.31. The molecule has 0 aromatic heterocycles. The van der Waals surface area contributed by atoms with Crippen molar-refractivity contribution < 1.29 is 9.84 Å². The zero-order valence-electron chi connectivity index (χ0n) is 10.7. The molecule has 0 bridgehead atoms. The van der Waals surface area contributed by atoms with Crippen molar-refractivity contribution in [2.45, 2.75) is 25.6 Å². The van der Waals surface area contributed by atoms with Gasteiger partial charge in [-0.2, -0.15) is 0 Å². The van der Waals surface area contributed by atoms with Crippen LogP contribution in [0.4, 0.5) is 0 Å². The van der Waals surface area contributed by atoms with E-state index in [9.17, 15) is 5.11 Å². The molecule has 1 heterocycles. The van der Waals surface area contributed by atoms with Crippen molar-refractivity contribution in [3.63, 3.8) is 0 Å². The van der Waals surface area contributed by atoms with Gasteiger partial charge < -0.3 is 9.84 Å². The van der Waals surface area contributed by atoms with Gasteiger partial charge in [-0.3, -0.25) is 4.90 Å². The minimum Gasteiger partial charge on any atom is -0.388 e. The predicted octanol–water partition coefficient (Wildman–Crippen LogP) is 2.59. The molecule has 2 unspecified atom stereocenters. The topological polar surface area (TPSA) is 32.7 Å². The number of hydrogen-bond donors (Lipinski definition) is 1. The summed E-state index contributed by atoms with van der Waals surface area (Å²) in [6, 6.07) is 7.88. The highest BCUT2D eigenvalue weighted by atomic mass is 79.9. The van der Waals surface area contributed by atoms with Crippen molar-refractivity contribution in [2.75, 3.05) is 26.2 Å². The Bertz CT molecular complexity index is 386. The lowest BCUT2D eigenvalue weighted by atomic mass is 10.1. The average molecular weight is 314 g/mol. The Balaban J connectivity index is 1.82. The Labute approximate surface area is 117 Å². The van der Waals surface area contributed by atoms with Crippen LogP contribution in [-0.2, 0) is 4.74 Å². The first-order valence-corrected chi connectivity index (χ1v) is 7.22. The summed E-state index contributed by atoms with van der Waals surface area (Å²) < 4.78 is 6.52. The summed E-state index contributed by atoms with van der Waals surface area (Å²) >= 11 is 3.43. The van der Waals surface area contributed by atoms with Crippen molar-refractivity contribution in [3.05, 3.63) is 34.3 Å². The third-order valence-electron chi connectivity index (χ3n) is 3.28. The number of nitrogens with zero attached hydrogens (tertiary/aromatic N) is 1. The number of halogens is 1. The minimum absolute atomic E-state index is 0.307. The van der Waals surface area contributed by atoms with E-state index >= 15 is 0 Å². The molecule has 1 N–H and O–H groups in total. The Hall–Kier alpha value is -0.420. The molecule has 1 aromatic rings. The molecule has 18 heavy (non-hydrogen) atoms. The third-order valence-corrected chi connectivity index (χ3v) is 3.77. The highest BCUT2D eigenvalue weighted by Crippen LogP contribution is 2.21. The maximum Gasteiger partial charge on any atom is 0.0802 e. The molecule has 100 valence electrons. The van der Waals surface area contributed by atoms with E-state index in [1.165, 1.54) is 0 Å². The van der Waals surface area contributed by atoms with Crippen LogP contribution in [0.15, 0.2) is 28.7 Å². The van der Waals surface area contributed by atoms with Crippen LogP contribution in [0.25, 0.3) is 0 Å². The van der Waals surface area contributed by atoms with E-state index in [4.69, 9.17) is 4.74 Å². The second-order valence-electron chi connectivity index (χ2n) is 4.84. The van der Waals surface area contributed by atoms with E-state index in [0.717, 1.165) is 42.7 Å². The number of hydrogen-bond acceptors (Lipinski definition) is 3. The molecule has 1 aliphatic heterocycles. The first-order chi connectivity index (χ1) is 8.65. The zero-order chi connectivity index (χ0) is 13.0. The van der Waals surface area contributed by atoms with Gasteiger partial charge in [0.2, 0.25) is 0 Å². The van der Waals surface area contributed by atoms with E-state index < -0.39 is 0 Å². The van der Waals surface area contributed by atoms with Crippen molar-refractivity contribution >= 4 is 15.9 Å². The minimum atomic E-state index is -0.388. The van der Waals surface area contributed by atoms with Gasteiger partial charge in [-0.1, -0.05) is 28.1 Å². The van der Waals surface area contributed by atoms with E-state index in [1.807, 2.05) is 24.3 Å². The molecule has 0 amide bonds. The summed E-state index contributed by atoms with van der Waals surface area (Å²) in [6.07, 6.45) is 0.686. The molecule has 2 atom stereocenters. The molecule has 4 heteroatoms. The van der Waals surface area contributed by atoms with Gasteiger partial charge in [-0.15, -0.1) is 0 Å². The van der Waals surface area contributed by atoms with Gasteiger partial charge in [0.1, 0.15) is 0 Å². The highest BCUT2D eigenvalue weighted by Gasteiger charge is 2.17. The highest BCUT2D eigenvalue weighted by molar-refractivity contribution is 9.10. The van der Waals surface area contributed by atoms with Crippen LogP contribution < -0.4 is 0 Å². The van der Waals surface area contributed by atoms with Crippen LogP contribution in [0, 0.1) is 0 Å². The maximum absolute atomic E-state index is 10.2. The van der Waals surface area contributed by atoms with Crippen LogP contribution in [0.2, 0.25) is 0 Å². The molecular formula is C14H20BrNO2. The van der Waals surface area contributed by atoms with Gasteiger partial charge in [-0.25, -0.2) is 0 Å². The second-order valence-corrected chi connectivity index (χ2v) is 5.76. The first kappa shape index (κ1) is 14.0. The number of ether oxygens (including phenoxy) is 1. The van der Waals surface area contributed by atoms with Gasteiger partial charge in [0.25, 0.3) is 0 Å². The van der Waals surface area contributed by atoms with Crippen LogP contribution in [0.1, 0.15) is 25.0 Å². The van der Waals surface area contributed by atoms with Crippen molar-refractivity contribution in [2.24, 2.45) is 0 Å². The normalized spacial score (nSPS) is 22.9. The smallest absolute Gasteiger partial charge is 0.0802 e. The van der Waals surface area contributed by atoms with E-state index in [-0.39, 0.29) is 6.10 Å². The lowest BCUT2D eigenvalue weighted by Crippen LogP contribution is -2.41. The summed E-state index contributed by atoms with van der Waals surface area (Å²) in [4.78, 5) is 2.36. The number of rotatable bonds is 4. The molecule has 2 rings (SSSR count). The quantitative estimate of drug-likeness (QED) is 0.927. The SMILES string of the molecule is CC1CN(CCC(O)c2cccc(Br)c2)CCO1. The zero-order valence-corrected chi connectivity index (χ0v) is 12.3. The van der Waals surface area contributed by atoms with Crippen molar-refractivity contribution in [1.29, 1.82) is 0 Å². The molecule has 0 aliphatic carbocycles. The van der Waals surface area contributed by atoms with Crippen molar-refractivity contribution in [1.82, 2.24) is 4.90 Å². The van der Waals surface area contributed by atoms with E-state index in [2.05, 4.69) is 27.8 Å². The van der Waals surface area contributed by atoms with Gasteiger partial charge >= 0.3 is 0 Å². The summed E-state index contributed by atoms with van der Waals surface area (Å²) in [6.45, 7) is 5.74. The van der Waals surface area contributed by atoms with Crippen molar-refractivity contribution in [3.8, 4) is 0 Å². The summed E-state index contributed by atoms with van der Waals surface area (Å²) in [5, 5.41) is 10.2. The molecule has 1 fully saturated rings. The second kappa shape index (κ2) is 6.66. The summed E-state index contributed by atoms with van der Waals surface area (Å²) in [5.41, 5.74) is 0.977. The van der Waals surface area contributed by atoms with E-state index in [1.54, 1.807) is 0 Å². The van der Waals surface area contributed by atoms with E-state index in [0.29, 0.717) is 6.10 Å².